The van der Waals surface area contributed by atoms with Gasteiger partial charge in [-0.05, 0) is 43.7 Å². The number of aromatic nitrogens is 3. The Hall–Kier alpha value is -4.58. The maximum atomic E-state index is 14.5. The van der Waals surface area contributed by atoms with Gasteiger partial charge in [0.05, 0.1) is 29.1 Å². The van der Waals surface area contributed by atoms with Gasteiger partial charge in [-0.1, -0.05) is 23.7 Å². The van der Waals surface area contributed by atoms with E-state index in [1.807, 2.05) is 0 Å². The molecule has 1 aliphatic rings. The second-order valence-electron chi connectivity index (χ2n) is 9.24. The van der Waals surface area contributed by atoms with Crippen molar-refractivity contribution >= 4 is 40.4 Å². The molecule has 0 unspecified atom stereocenters. The fourth-order valence-electron chi connectivity index (χ4n) is 4.69. The number of carboxylic acid groups (broad SMARTS) is 1. The number of fused-ring (bicyclic) bond motifs is 1. The molecule has 2 aromatic heterocycles. The number of benzene rings is 2. The van der Waals surface area contributed by atoms with Crippen LogP contribution < -0.4 is 4.74 Å². The highest BCUT2D eigenvalue weighted by molar-refractivity contribution is 6.31. The number of para-hydroxylation sites is 1. The normalized spacial score (nSPS) is 14.3. The van der Waals surface area contributed by atoms with Crippen molar-refractivity contribution in [3.8, 4) is 11.4 Å². The Bertz CT molecular complexity index is 1680. The molecule has 0 aliphatic carbocycles. The Morgan fingerprint density at radius 3 is 2.67 bits per heavy atom. The fraction of sp³-hybridized carbons (Fsp3) is 0.222. The summed E-state index contributed by atoms with van der Waals surface area (Å²) in [6.07, 6.45) is 2.34. The van der Waals surface area contributed by atoms with Crippen LogP contribution in [-0.2, 0) is 16.2 Å². The molecule has 13 heteroatoms. The Morgan fingerprint density at radius 1 is 1.20 bits per heavy atom. The highest BCUT2D eigenvalue weighted by atomic mass is 35.5. The van der Waals surface area contributed by atoms with Crippen LogP contribution in [0.2, 0.25) is 5.02 Å². The zero-order valence-electron chi connectivity index (χ0n) is 21.3. The third-order valence-electron chi connectivity index (χ3n) is 6.57. The minimum Gasteiger partial charge on any atom is -0.487 e. The van der Waals surface area contributed by atoms with E-state index in [0.717, 1.165) is 17.2 Å². The molecule has 206 valence electrons. The lowest BCUT2D eigenvalue weighted by atomic mass is 10.0. The van der Waals surface area contributed by atoms with Gasteiger partial charge in [-0.2, -0.15) is 5.10 Å². The Morgan fingerprint density at radius 2 is 1.98 bits per heavy atom. The number of aliphatic carboxylic acids is 1. The summed E-state index contributed by atoms with van der Waals surface area (Å²) < 4.78 is 35.7. The van der Waals surface area contributed by atoms with Gasteiger partial charge in [-0.3, -0.25) is 14.5 Å². The summed E-state index contributed by atoms with van der Waals surface area (Å²) in [6.45, 7) is 2.07. The SMILES string of the molecule is Cc1cc(-n2cc(F)cn2)c2cccc(OCc3c(Cl)cc(F)cc3[C@H](C)N3CC(=O)N(CC(=O)O)C3=O)c2n1. The minimum atomic E-state index is -1.33. The van der Waals surface area contributed by atoms with Gasteiger partial charge in [-0.15, -0.1) is 0 Å². The molecular formula is C27H22ClF2N5O5. The Kier molecular flexibility index (Phi) is 7.11. The first kappa shape index (κ1) is 27.0. The molecule has 3 heterocycles. The lowest BCUT2D eigenvalue weighted by Gasteiger charge is -2.26. The summed E-state index contributed by atoms with van der Waals surface area (Å²) in [5.74, 6) is -2.79. The molecule has 5 rings (SSSR count). The summed E-state index contributed by atoms with van der Waals surface area (Å²) >= 11 is 6.42. The average molecular weight is 570 g/mol. The smallest absolute Gasteiger partial charge is 0.328 e. The van der Waals surface area contributed by atoms with Crippen LogP contribution in [0.15, 0.2) is 48.8 Å². The Labute approximate surface area is 231 Å². The molecule has 4 aromatic rings. The Balaban J connectivity index is 1.48. The molecule has 1 fully saturated rings. The molecule has 3 amide bonds. The summed E-state index contributed by atoms with van der Waals surface area (Å²) in [6, 6.07) is 7.65. The van der Waals surface area contributed by atoms with Crippen molar-refractivity contribution in [1.82, 2.24) is 24.6 Å². The molecule has 10 nitrogen and oxygen atoms in total. The number of amides is 3. The van der Waals surface area contributed by atoms with E-state index in [1.54, 1.807) is 38.1 Å². The lowest BCUT2D eigenvalue weighted by Crippen LogP contribution is -2.37. The van der Waals surface area contributed by atoms with Crippen molar-refractivity contribution in [2.45, 2.75) is 26.5 Å². The predicted molar refractivity (Wildman–Crippen MR) is 139 cm³/mol. The standard InChI is InChI=1S/C27H22ClF2N5O5/c1-14-6-22(35-10-17(30)9-31-35)18-4-3-5-23(26(18)32-14)40-13-20-19(7-16(29)8-21(20)28)15(2)33-11-24(36)34(27(33)39)12-25(37)38/h3-10,15H,11-13H2,1-2H3,(H,37,38)/t15-/m0/s1. The van der Waals surface area contributed by atoms with Crippen LogP contribution in [-0.4, -0.2) is 60.7 Å². The first-order chi connectivity index (χ1) is 19.0. The van der Waals surface area contributed by atoms with Gasteiger partial charge in [0.2, 0.25) is 0 Å². The van der Waals surface area contributed by atoms with Gasteiger partial charge < -0.3 is 14.7 Å². The third-order valence-corrected chi connectivity index (χ3v) is 6.90. The highest BCUT2D eigenvalue weighted by Crippen LogP contribution is 2.35. The molecule has 2 aromatic carbocycles. The molecule has 0 spiro atoms. The van der Waals surface area contributed by atoms with E-state index in [-0.39, 0.29) is 18.2 Å². The highest BCUT2D eigenvalue weighted by Gasteiger charge is 2.40. The fourth-order valence-corrected chi connectivity index (χ4v) is 4.96. The van der Waals surface area contributed by atoms with E-state index in [2.05, 4.69) is 10.1 Å². The van der Waals surface area contributed by atoms with Crippen LogP contribution in [0.25, 0.3) is 16.6 Å². The molecule has 0 bridgehead atoms. The average Bonchev–Trinajstić information content (AvgIpc) is 3.45. The van der Waals surface area contributed by atoms with E-state index < -0.39 is 42.1 Å². The summed E-state index contributed by atoms with van der Waals surface area (Å²) in [5.41, 5.74) is 2.36. The third kappa shape index (κ3) is 5.05. The largest absolute Gasteiger partial charge is 0.487 e. The monoisotopic (exact) mass is 569 g/mol. The molecule has 0 radical (unpaired) electrons. The van der Waals surface area contributed by atoms with Crippen LogP contribution in [0, 0.1) is 18.6 Å². The maximum Gasteiger partial charge on any atom is 0.328 e. The van der Waals surface area contributed by atoms with Crippen molar-refractivity contribution in [1.29, 1.82) is 0 Å². The molecule has 1 aliphatic heterocycles. The van der Waals surface area contributed by atoms with Crippen molar-refractivity contribution in [2.75, 3.05) is 13.1 Å². The van der Waals surface area contributed by atoms with Crippen LogP contribution >= 0.6 is 11.6 Å². The number of nitrogens with zero attached hydrogens (tertiary/aromatic N) is 5. The topological polar surface area (TPSA) is 118 Å². The number of carboxylic acids is 1. The number of carbonyl (C=O) groups is 3. The minimum absolute atomic E-state index is 0.0410. The zero-order chi connectivity index (χ0) is 28.7. The van der Waals surface area contributed by atoms with Crippen LogP contribution in [0.5, 0.6) is 5.75 Å². The van der Waals surface area contributed by atoms with Gasteiger partial charge in [0.1, 0.15) is 36.8 Å². The number of carbonyl (C=O) groups excluding carboxylic acids is 2. The molecule has 40 heavy (non-hydrogen) atoms. The second-order valence-corrected chi connectivity index (χ2v) is 9.65. The number of hydrogen-bond donors (Lipinski definition) is 1. The number of hydrogen-bond acceptors (Lipinski definition) is 6. The number of urea groups is 1. The predicted octanol–water partition coefficient (Wildman–Crippen LogP) is 4.65. The molecule has 1 saturated heterocycles. The zero-order valence-corrected chi connectivity index (χ0v) is 22.0. The molecule has 0 saturated carbocycles. The molecule has 1 N–H and O–H groups in total. The van der Waals surface area contributed by atoms with Gasteiger partial charge in [-0.25, -0.2) is 23.2 Å². The summed E-state index contributed by atoms with van der Waals surface area (Å²) in [4.78, 5) is 42.6. The van der Waals surface area contributed by atoms with Gasteiger partial charge in [0.15, 0.2) is 5.82 Å². The van der Waals surface area contributed by atoms with Gasteiger partial charge in [0, 0.05) is 16.6 Å². The van der Waals surface area contributed by atoms with Crippen molar-refractivity contribution < 1.29 is 33.0 Å². The second kappa shape index (κ2) is 10.5. The van der Waals surface area contributed by atoms with E-state index in [9.17, 15) is 23.2 Å². The first-order valence-corrected chi connectivity index (χ1v) is 12.5. The van der Waals surface area contributed by atoms with E-state index in [4.69, 9.17) is 21.4 Å². The van der Waals surface area contributed by atoms with Gasteiger partial charge in [0.25, 0.3) is 5.91 Å². The molecular weight excluding hydrogens is 548 g/mol. The molecule has 1 atom stereocenters. The van der Waals surface area contributed by atoms with Crippen LogP contribution in [0.4, 0.5) is 13.6 Å². The quantitative estimate of drug-likeness (QED) is 0.307. The van der Waals surface area contributed by atoms with E-state index in [0.29, 0.717) is 44.1 Å². The lowest BCUT2D eigenvalue weighted by molar-refractivity contribution is -0.141. The summed E-state index contributed by atoms with van der Waals surface area (Å²) in [7, 11) is 0. The van der Waals surface area contributed by atoms with E-state index >= 15 is 0 Å². The number of pyridine rings is 1. The maximum absolute atomic E-state index is 14.5. The summed E-state index contributed by atoms with van der Waals surface area (Å²) in [5, 5.41) is 13.8. The van der Waals surface area contributed by atoms with Crippen molar-refractivity contribution in [3.63, 3.8) is 0 Å². The van der Waals surface area contributed by atoms with Crippen LogP contribution in [0.1, 0.15) is 29.8 Å². The van der Waals surface area contributed by atoms with E-state index in [1.165, 1.54) is 16.9 Å². The number of imide groups is 1. The van der Waals surface area contributed by atoms with Crippen LogP contribution in [0.3, 0.4) is 0 Å². The first-order valence-electron chi connectivity index (χ1n) is 12.1. The van der Waals surface area contributed by atoms with Gasteiger partial charge >= 0.3 is 12.0 Å². The number of ether oxygens (including phenoxy) is 1. The number of rotatable bonds is 8. The number of halogens is 3. The van der Waals surface area contributed by atoms with Crippen molar-refractivity contribution in [2.24, 2.45) is 0 Å². The van der Waals surface area contributed by atoms with Crippen molar-refractivity contribution in [3.05, 3.63) is 82.3 Å². The number of aryl methyl sites for hydroxylation is 1.